The molecule has 0 aromatic heterocycles. The molecule has 1 fully saturated rings. The van der Waals surface area contributed by atoms with Gasteiger partial charge >= 0.3 is 0 Å². The van der Waals surface area contributed by atoms with E-state index >= 15 is 0 Å². The third-order valence-electron chi connectivity index (χ3n) is 2.93. The predicted molar refractivity (Wildman–Crippen MR) is 59.4 cm³/mol. The van der Waals surface area contributed by atoms with Gasteiger partial charge in [0, 0.05) is 12.5 Å². The minimum atomic E-state index is -0.159. The summed E-state index contributed by atoms with van der Waals surface area (Å²) in [5.74, 6) is 0.169. The molecule has 4 heteroatoms. The SMILES string of the molecule is CC(CCCN)C(=O)NC1(C)CCOC1. The van der Waals surface area contributed by atoms with Crippen LogP contribution in [0.1, 0.15) is 33.1 Å². The van der Waals surface area contributed by atoms with Gasteiger partial charge < -0.3 is 15.8 Å². The topological polar surface area (TPSA) is 64.4 Å². The van der Waals surface area contributed by atoms with E-state index in [0.29, 0.717) is 13.2 Å². The Kier molecular flexibility index (Phi) is 4.54. The Hall–Kier alpha value is -0.610. The van der Waals surface area contributed by atoms with Gasteiger partial charge in [0.2, 0.25) is 5.91 Å². The lowest BCUT2D eigenvalue weighted by atomic mass is 9.98. The van der Waals surface area contributed by atoms with Gasteiger partial charge in [-0.3, -0.25) is 4.79 Å². The standard InChI is InChI=1S/C11H22N2O2/c1-9(4-3-6-12)10(14)13-11(2)5-7-15-8-11/h9H,3-8,12H2,1-2H3,(H,13,14). The fourth-order valence-corrected chi connectivity index (χ4v) is 1.74. The second-order valence-corrected chi connectivity index (χ2v) is 4.68. The van der Waals surface area contributed by atoms with Gasteiger partial charge in [-0.25, -0.2) is 0 Å². The summed E-state index contributed by atoms with van der Waals surface area (Å²) in [6.07, 6.45) is 2.67. The lowest BCUT2D eigenvalue weighted by molar-refractivity contribution is -0.126. The number of ether oxygens (including phenoxy) is 1. The van der Waals surface area contributed by atoms with Crippen molar-refractivity contribution in [2.45, 2.75) is 38.6 Å². The van der Waals surface area contributed by atoms with Crippen LogP contribution in [0, 0.1) is 5.92 Å². The molecule has 1 aliphatic heterocycles. The van der Waals surface area contributed by atoms with E-state index in [9.17, 15) is 4.79 Å². The molecule has 1 heterocycles. The number of hydrogen-bond donors (Lipinski definition) is 2. The van der Waals surface area contributed by atoms with Crippen LogP contribution in [0.3, 0.4) is 0 Å². The second kappa shape index (κ2) is 5.47. The second-order valence-electron chi connectivity index (χ2n) is 4.68. The molecule has 2 unspecified atom stereocenters. The predicted octanol–water partition coefficient (Wildman–Crippen LogP) is 0.657. The Labute approximate surface area is 91.5 Å². The Morgan fingerprint density at radius 3 is 2.93 bits per heavy atom. The molecule has 3 N–H and O–H groups in total. The van der Waals surface area contributed by atoms with Crippen molar-refractivity contribution in [2.75, 3.05) is 19.8 Å². The Balaban J connectivity index is 2.33. The maximum absolute atomic E-state index is 11.8. The third kappa shape index (κ3) is 3.80. The fourth-order valence-electron chi connectivity index (χ4n) is 1.74. The number of carbonyl (C=O) groups is 1. The van der Waals surface area contributed by atoms with Gasteiger partial charge in [-0.1, -0.05) is 6.92 Å². The monoisotopic (exact) mass is 214 g/mol. The van der Waals surface area contributed by atoms with Gasteiger partial charge in [0.1, 0.15) is 0 Å². The number of hydrogen-bond acceptors (Lipinski definition) is 3. The Bertz CT molecular complexity index is 213. The van der Waals surface area contributed by atoms with Gasteiger partial charge in [0.05, 0.1) is 12.1 Å². The van der Waals surface area contributed by atoms with Crippen LogP contribution >= 0.6 is 0 Å². The highest BCUT2D eigenvalue weighted by Gasteiger charge is 2.32. The zero-order chi connectivity index (χ0) is 11.3. The van der Waals surface area contributed by atoms with Crippen molar-refractivity contribution in [3.8, 4) is 0 Å². The van der Waals surface area contributed by atoms with E-state index in [1.54, 1.807) is 0 Å². The largest absolute Gasteiger partial charge is 0.379 e. The maximum atomic E-state index is 11.8. The van der Waals surface area contributed by atoms with Gasteiger partial charge in [-0.05, 0) is 32.7 Å². The van der Waals surface area contributed by atoms with Crippen molar-refractivity contribution in [1.82, 2.24) is 5.32 Å². The van der Waals surface area contributed by atoms with Crippen LogP contribution in [0.15, 0.2) is 0 Å². The molecule has 4 nitrogen and oxygen atoms in total. The molecule has 15 heavy (non-hydrogen) atoms. The first-order chi connectivity index (χ1) is 7.07. The highest BCUT2D eigenvalue weighted by molar-refractivity contribution is 5.79. The molecular weight excluding hydrogens is 192 g/mol. The molecule has 1 aliphatic rings. The van der Waals surface area contributed by atoms with Crippen LogP contribution in [0.4, 0.5) is 0 Å². The molecule has 0 bridgehead atoms. The lowest BCUT2D eigenvalue weighted by Crippen LogP contribution is -2.48. The van der Waals surface area contributed by atoms with Crippen molar-refractivity contribution in [3.63, 3.8) is 0 Å². The van der Waals surface area contributed by atoms with Crippen molar-refractivity contribution in [1.29, 1.82) is 0 Å². The summed E-state index contributed by atoms with van der Waals surface area (Å²) in [5.41, 5.74) is 5.26. The van der Waals surface area contributed by atoms with Crippen LogP contribution in [0.2, 0.25) is 0 Å². The summed E-state index contributed by atoms with van der Waals surface area (Å²) in [5, 5.41) is 3.06. The quantitative estimate of drug-likeness (QED) is 0.706. The molecule has 88 valence electrons. The minimum Gasteiger partial charge on any atom is -0.379 e. The average molecular weight is 214 g/mol. The van der Waals surface area contributed by atoms with Gasteiger partial charge in [0.15, 0.2) is 0 Å². The molecule has 0 aromatic carbocycles. The first-order valence-electron chi connectivity index (χ1n) is 5.67. The summed E-state index contributed by atoms with van der Waals surface area (Å²) < 4.78 is 5.29. The Morgan fingerprint density at radius 1 is 1.67 bits per heavy atom. The summed E-state index contributed by atoms with van der Waals surface area (Å²) in [4.78, 5) is 11.8. The van der Waals surface area contributed by atoms with Crippen molar-refractivity contribution < 1.29 is 9.53 Å². The number of amides is 1. The van der Waals surface area contributed by atoms with Gasteiger partial charge in [-0.2, -0.15) is 0 Å². The number of carbonyl (C=O) groups excluding carboxylic acids is 1. The van der Waals surface area contributed by atoms with Crippen LogP contribution in [-0.2, 0) is 9.53 Å². The minimum absolute atomic E-state index is 0.0472. The smallest absolute Gasteiger partial charge is 0.223 e. The molecule has 2 atom stereocenters. The molecule has 0 aromatic rings. The van der Waals surface area contributed by atoms with Crippen LogP contribution < -0.4 is 11.1 Å². The zero-order valence-corrected chi connectivity index (χ0v) is 9.71. The van der Waals surface area contributed by atoms with E-state index < -0.39 is 0 Å². The van der Waals surface area contributed by atoms with Crippen LogP contribution in [-0.4, -0.2) is 31.2 Å². The normalized spacial score (nSPS) is 27.7. The van der Waals surface area contributed by atoms with Crippen molar-refractivity contribution >= 4 is 5.91 Å². The van der Waals surface area contributed by atoms with E-state index in [4.69, 9.17) is 10.5 Å². The molecule has 0 radical (unpaired) electrons. The van der Waals surface area contributed by atoms with E-state index in [0.717, 1.165) is 25.9 Å². The first kappa shape index (κ1) is 12.5. The number of rotatable bonds is 5. The van der Waals surface area contributed by atoms with Gasteiger partial charge in [0.25, 0.3) is 0 Å². The van der Waals surface area contributed by atoms with E-state index in [1.165, 1.54) is 0 Å². The fraction of sp³-hybridized carbons (Fsp3) is 0.909. The molecule has 0 aliphatic carbocycles. The molecule has 1 saturated heterocycles. The number of nitrogens with two attached hydrogens (primary N) is 1. The average Bonchev–Trinajstić information content (AvgIpc) is 2.61. The van der Waals surface area contributed by atoms with Crippen molar-refractivity contribution in [3.05, 3.63) is 0 Å². The molecule has 0 saturated carbocycles. The molecule has 1 rings (SSSR count). The van der Waals surface area contributed by atoms with E-state index in [2.05, 4.69) is 5.32 Å². The zero-order valence-electron chi connectivity index (χ0n) is 9.71. The summed E-state index contributed by atoms with van der Waals surface area (Å²) in [6, 6.07) is 0. The van der Waals surface area contributed by atoms with Crippen LogP contribution in [0.25, 0.3) is 0 Å². The van der Waals surface area contributed by atoms with Crippen LogP contribution in [0.5, 0.6) is 0 Å². The van der Waals surface area contributed by atoms with Crippen molar-refractivity contribution in [2.24, 2.45) is 11.7 Å². The summed E-state index contributed by atoms with van der Waals surface area (Å²) >= 11 is 0. The Morgan fingerprint density at radius 2 is 2.40 bits per heavy atom. The lowest BCUT2D eigenvalue weighted by Gasteiger charge is -2.25. The van der Waals surface area contributed by atoms with Gasteiger partial charge in [-0.15, -0.1) is 0 Å². The maximum Gasteiger partial charge on any atom is 0.223 e. The highest BCUT2D eigenvalue weighted by Crippen LogP contribution is 2.18. The summed E-state index contributed by atoms with van der Waals surface area (Å²) in [6.45, 7) is 6.01. The number of nitrogens with one attached hydrogen (secondary N) is 1. The summed E-state index contributed by atoms with van der Waals surface area (Å²) in [7, 11) is 0. The van der Waals surface area contributed by atoms with E-state index in [-0.39, 0.29) is 17.4 Å². The molecular formula is C11H22N2O2. The first-order valence-corrected chi connectivity index (χ1v) is 5.67. The third-order valence-corrected chi connectivity index (χ3v) is 2.93. The van der Waals surface area contributed by atoms with E-state index in [1.807, 2.05) is 13.8 Å². The highest BCUT2D eigenvalue weighted by atomic mass is 16.5. The molecule has 1 amide bonds. The molecule has 0 spiro atoms.